The van der Waals surface area contributed by atoms with Gasteiger partial charge in [-0.25, -0.2) is 0 Å². The van der Waals surface area contributed by atoms with Gasteiger partial charge < -0.3 is 22.6 Å². The third kappa shape index (κ3) is 4.50. The van der Waals surface area contributed by atoms with Crippen molar-refractivity contribution in [2.75, 3.05) is 32.5 Å². The van der Waals surface area contributed by atoms with Crippen LogP contribution in [0.15, 0.2) is 42.5 Å². The quantitative estimate of drug-likeness (QED) is 0.151. The number of aromatic nitrogens is 1. The van der Waals surface area contributed by atoms with Crippen molar-refractivity contribution in [3.8, 4) is 0 Å². The Hall–Kier alpha value is -2.35. The van der Waals surface area contributed by atoms with Crippen molar-refractivity contribution >= 4 is 45.6 Å². The molecule has 0 fully saturated rings. The van der Waals surface area contributed by atoms with E-state index < -0.39 is 4.92 Å². The summed E-state index contributed by atoms with van der Waals surface area (Å²) in [6.07, 6.45) is 0.900. The highest BCUT2D eigenvalue weighted by molar-refractivity contribution is 6.08. The van der Waals surface area contributed by atoms with Gasteiger partial charge in [0.2, 0.25) is 0 Å². The van der Waals surface area contributed by atoms with E-state index in [4.69, 9.17) is 0 Å². The zero-order valence-corrected chi connectivity index (χ0v) is 16.6. The van der Waals surface area contributed by atoms with Crippen molar-refractivity contribution in [1.82, 2.24) is 4.90 Å². The molecule has 3 rings (SSSR count). The van der Waals surface area contributed by atoms with Crippen molar-refractivity contribution in [2.24, 2.45) is 0 Å². The fourth-order valence-electron chi connectivity index (χ4n) is 3.04. The number of anilines is 1. The number of nitrogens with one attached hydrogen (secondary N) is 1. The summed E-state index contributed by atoms with van der Waals surface area (Å²) in [4.78, 5) is 13.2. The molecule has 27 heavy (non-hydrogen) atoms. The molecule has 0 aliphatic rings. The van der Waals surface area contributed by atoms with E-state index in [-0.39, 0.29) is 30.5 Å². The van der Waals surface area contributed by atoms with Crippen LogP contribution in [0.2, 0.25) is 0 Å². The Balaban J connectivity index is 0.00000182. The van der Waals surface area contributed by atoms with Gasteiger partial charge in [0.25, 0.3) is 16.7 Å². The van der Waals surface area contributed by atoms with Crippen LogP contribution >= 0.6 is 12.4 Å². The number of non-ortho nitro benzene ring substituents is 1. The highest BCUT2D eigenvalue weighted by Crippen LogP contribution is 2.35. The average Bonchev–Trinajstić information content (AvgIpc) is 2.60. The SMILES string of the molecule is CN(C)CCCNc1c2ccccc2[n+](O)c2cccc([N+](=O)[O-])c12.Cl.[Cl-]. The van der Waals surface area contributed by atoms with Crippen molar-refractivity contribution in [1.29, 1.82) is 0 Å². The standard InChI is InChI=1S/C18H20N4O3.2ClH/c1-20(2)12-6-11-19-18-13-7-3-4-8-14(13)21(23)15-9-5-10-16(17(15)18)22(24)25;;/h3-5,7-10,23H,6,11-12H2,1-2H3;2*1H. The van der Waals surface area contributed by atoms with Gasteiger partial charge >= 0.3 is 0 Å². The highest BCUT2D eigenvalue weighted by atomic mass is 35.5. The molecule has 9 heteroatoms. The lowest BCUT2D eigenvalue weighted by Crippen LogP contribution is -3.00. The fraction of sp³-hybridized carbons (Fsp3) is 0.278. The van der Waals surface area contributed by atoms with Crippen molar-refractivity contribution in [3.05, 3.63) is 52.6 Å². The summed E-state index contributed by atoms with van der Waals surface area (Å²) >= 11 is 0. The Labute approximate surface area is 169 Å². The molecule has 0 spiro atoms. The minimum absolute atomic E-state index is 0. The number of nitro benzene ring substituents is 1. The predicted octanol–water partition coefficient (Wildman–Crippen LogP) is 0.215. The van der Waals surface area contributed by atoms with E-state index in [1.165, 1.54) is 6.07 Å². The molecule has 0 saturated heterocycles. The monoisotopic (exact) mass is 412 g/mol. The summed E-state index contributed by atoms with van der Waals surface area (Å²) in [6, 6.07) is 12.0. The highest BCUT2D eigenvalue weighted by Gasteiger charge is 2.26. The van der Waals surface area contributed by atoms with Gasteiger partial charge in [-0.05, 0) is 39.2 Å². The Bertz CT molecular complexity index is 951. The zero-order chi connectivity index (χ0) is 18.0. The van der Waals surface area contributed by atoms with Crippen LogP contribution in [0.1, 0.15) is 6.42 Å². The van der Waals surface area contributed by atoms with Crippen LogP contribution in [0.4, 0.5) is 11.4 Å². The van der Waals surface area contributed by atoms with Gasteiger partial charge in [0.1, 0.15) is 0 Å². The maximum Gasteiger partial charge on any atom is 0.285 e. The summed E-state index contributed by atoms with van der Waals surface area (Å²) in [5, 5.41) is 26.6. The lowest BCUT2D eigenvalue weighted by molar-refractivity contribution is -0.864. The van der Waals surface area contributed by atoms with Crippen LogP contribution in [0, 0.1) is 10.1 Å². The van der Waals surface area contributed by atoms with Gasteiger partial charge in [-0.3, -0.25) is 15.3 Å². The number of hydrogen-bond donors (Lipinski definition) is 2. The molecule has 0 amide bonds. The van der Waals surface area contributed by atoms with Crippen LogP contribution in [0.5, 0.6) is 0 Å². The smallest absolute Gasteiger partial charge is 0.285 e. The Morgan fingerprint density at radius 2 is 1.81 bits per heavy atom. The number of nitro groups is 1. The van der Waals surface area contributed by atoms with Crippen LogP contribution in [-0.2, 0) is 0 Å². The van der Waals surface area contributed by atoms with Crippen molar-refractivity contribution < 1.29 is 27.3 Å². The minimum atomic E-state index is -0.415. The van der Waals surface area contributed by atoms with Crippen LogP contribution in [0.3, 0.4) is 0 Å². The zero-order valence-electron chi connectivity index (χ0n) is 15.1. The molecule has 7 nitrogen and oxygen atoms in total. The molecular formula is C18H22Cl2N4O3. The van der Waals surface area contributed by atoms with Gasteiger partial charge in [-0.1, -0.05) is 12.1 Å². The number of nitrogens with zero attached hydrogens (tertiary/aromatic N) is 3. The second-order valence-corrected chi connectivity index (χ2v) is 6.22. The second kappa shape index (κ2) is 9.55. The lowest BCUT2D eigenvalue weighted by atomic mass is 10.1. The number of halogens is 2. The summed E-state index contributed by atoms with van der Waals surface area (Å²) in [5.41, 5.74) is 1.66. The van der Waals surface area contributed by atoms with Crippen LogP contribution < -0.4 is 22.5 Å². The van der Waals surface area contributed by atoms with Crippen LogP contribution in [0.25, 0.3) is 21.8 Å². The summed E-state index contributed by atoms with van der Waals surface area (Å²) in [5.74, 6) is 0. The third-order valence-corrected chi connectivity index (χ3v) is 4.18. The molecule has 0 bridgehead atoms. The molecule has 1 aromatic heterocycles. The minimum Gasteiger partial charge on any atom is -1.00 e. The Morgan fingerprint density at radius 1 is 1.15 bits per heavy atom. The Morgan fingerprint density at radius 3 is 2.48 bits per heavy atom. The van der Waals surface area contributed by atoms with E-state index in [2.05, 4.69) is 10.2 Å². The predicted molar refractivity (Wildman–Crippen MR) is 104 cm³/mol. The number of para-hydroxylation sites is 1. The van der Waals surface area contributed by atoms with Crippen LogP contribution in [-0.4, -0.2) is 42.2 Å². The molecule has 3 aromatic rings. The maximum atomic E-state index is 11.5. The first-order valence-corrected chi connectivity index (χ1v) is 8.12. The first-order chi connectivity index (χ1) is 12.0. The number of fused-ring (bicyclic) bond motifs is 2. The number of hydrogen-bond acceptors (Lipinski definition) is 5. The van der Waals surface area contributed by atoms with E-state index in [1.807, 2.05) is 32.3 Å². The number of pyridine rings is 1. The van der Waals surface area contributed by atoms with Crippen molar-refractivity contribution in [2.45, 2.75) is 6.42 Å². The van der Waals surface area contributed by atoms with Gasteiger partial charge in [-0.15, -0.1) is 12.4 Å². The molecular weight excluding hydrogens is 391 g/mol. The Kier molecular flexibility index (Phi) is 8.02. The van der Waals surface area contributed by atoms with E-state index in [1.54, 1.807) is 18.2 Å². The van der Waals surface area contributed by atoms with Crippen molar-refractivity contribution in [3.63, 3.8) is 0 Å². The molecule has 2 aromatic carbocycles. The normalized spacial score (nSPS) is 10.5. The largest absolute Gasteiger partial charge is 1.00 e. The van der Waals surface area contributed by atoms with Gasteiger partial charge in [-0.2, -0.15) is 0 Å². The van der Waals surface area contributed by atoms with E-state index in [9.17, 15) is 15.3 Å². The molecule has 0 aliphatic carbocycles. The number of benzene rings is 2. The maximum absolute atomic E-state index is 11.5. The van der Waals surface area contributed by atoms with Gasteiger partial charge in [0.15, 0.2) is 5.39 Å². The van der Waals surface area contributed by atoms with E-state index >= 15 is 0 Å². The molecule has 0 radical (unpaired) electrons. The molecule has 0 saturated carbocycles. The molecule has 0 atom stereocenters. The van der Waals surface area contributed by atoms with Gasteiger partial charge in [0.05, 0.1) is 16.0 Å². The topological polar surface area (TPSA) is 82.5 Å². The first-order valence-electron chi connectivity index (χ1n) is 8.12. The fourth-order valence-corrected chi connectivity index (χ4v) is 3.04. The summed E-state index contributed by atoms with van der Waals surface area (Å²) < 4.78 is 1.02. The summed E-state index contributed by atoms with van der Waals surface area (Å²) in [7, 11) is 4.01. The average molecular weight is 413 g/mol. The molecule has 0 unspecified atom stereocenters. The summed E-state index contributed by atoms with van der Waals surface area (Å²) in [6.45, 7) is 1.59. The lowest BCUT2D eigenvalue weighted by Gasteiger charge is -2.13. The molecule has 146 valence electrons. The molecule has 0 aliphatic heterocycles. The molecule has 2 N–H and O–H groups in total. The third-order valence-electron chi connectivity index (χ3n) is 4.18. The van der Waals surface area contributed by atoms with E-state index in [0.29, 0.717) is 28.7 Å². The first kappa shape index (κ1) is 22.7. The van der Waals surface area contributed by atoms with Gasteiger partial charge in [0, 0.05) is 29.5 Å². The second-order valence-electron chi connectivity index (χ2n) is 6.22. The van der Waals surface area contributed by atoms with E-state index in [0.717, 1.165) is 23.1 Å². The number of rotatable bonds is 6. The molecule has 1 heterocycles.